The highest BCUT2D eigenvalue weighted by Gasteiger charge is 2.16. The van der Waals surface area contributed by atoms with Gasteiger partial charge in [0.1, 0.15) is 0 Å². The Morgan fingerprint density at radius 3 is 2.60 bits per heavy atom. The fraction of sp³-hybridized carbons (Fsp3) is 0.750. The van der Waals surface area contributed by atoms with Crippen LogP contribution in [-0.4, -0.2) is 66.4 Å². The van der Waals surface area contributed by atoms with Gasteiger partial charge in [-0.3, -0.25) is 0 Å². The molecule has 1 unspecified atom stereocenters. The van der Waals surface area contributed by atoms with Crippen molar-refractivity contribution in [1.29, 1.82) is 0 Å². The van der Waals surface area contributed by atoms with Gasteiger partial charge in [-0.05, 0) is 13.2 Å². The summed E-state index contributed by atoms with van der Waals surface area (Å²) in [5.74, 6) is 2.91. The van der Waals surface area contributed by atoms with Gasteiger partial charge in [0.25, 0.3) is 0 Å². The zero-order valence-electron chi connectivity index (χ0n) is 12.2. The number of aromatic nitrogens is 3. The minimum atomic E-state index is 0.314. The van der Waals surface area contributed by atoms with E-state index in [1.807, 2.05) is 7.05 Å². The molecule has 2 heterocycles. The molecular formula is C12H22N6OS. The van der Waals surface area contributed by atoms with Gasteiger partial charge in [-0.25, -0.2) is 0 Å². The van der Waals surface area contributed by atoms with Crippen LogP contribution < -0.4 is 15.5 Å². The topological polar surface area (TPSA) is 75.2 Å². The van der Waals surface area contributed by atoms with Crippen molar-refractivity contribution in [2.75, 3.05) is 60.9 Å². The zero-order valence-corrected chi connectivity index (χ0v) is 13.0. The van der Waals surface area contributed by atoms with Crippen LogP contribution in [0, 0.1) is 0 Å². The van der Waals surface area contributed by atoms with Crippen molar-refractivity contribution >= 4 is 29.6 Å². The second kappa shape index (κ2) is 7.49. The Bertz CT molecular complexity index is 426. The summed E-state index contributed by atoms with van der Waals surface area (Å²) >= 11 is 1.79. The highest BCUT2D eigenvalue weighted by Crippen LogP contribution is 2.15. The molecule has 1 atom stereocenters. The van der Waals surface area contributed by atoms with Gasteiger partial charge in [-0.1, -0.05) is 0 Å². The molecule has 8 heteroatoms. The lowest BCUT2D eigenvalue weighted by atomic mass is 10.4. The van der Waals surface area contributed by atoms with Gasteiger partial charge in [0.05, 0.1) is 13.2 Å². The fourth-order valence-electron chi connectivity index (χ4n) is 1.96. The number of morpholine rings is 1. The molecule has 1 aromatic heterocycles. The summed E-state index contributed by atoms with van der Waals surface area (Å²) in [5.41, 5.74) is 0. The molecule has 1 aliphatic rings. The summed E-state index contributed by atoms with van der Waals surface area (Å²) in [6.07, 6.45) is 2.09. The molecule has 0 bridgehead atoms. The second-order valence-electron chi connectivity index (χ2n) is 4.63. The third kappa shape index (κ3) is 4.11. The van der Waals surface area contributed by atoms with Crippen LogP contribution in [0.25, 0.3) is 0 Å². The average molecular weight is 298 g/mol. The first-order valence-electron chi connectivity index (χ1n) is 6.75. The highest BCUT2D eigenvalue weighted by molar-refractivity contribution is 7.98. The van der Waals surface area contributed by atoms with E-state index >= 15 is 0 Å². The van der Waals surface area contributed by atoms with Crippen molar-refractivity contribution in [1.82, 2.24) is 15.0 Å². The van der Waals surface area contributed by atoms with E-state index in [4.69, 9.17) is 4.74 Å². The van der Waals surface area contributed by atoms with Gasteiger partial charge in [0.2, 0.25) is 17.8 Å². The van der Waals surface area contributed by atoms with Gasteiger partial charge in [0, 0.05) is 31.9 Å². The molecule has 0 spiro atoms. The SMILES string of the molecule is CNc1nc(NC(C)CSC)nc(N2CCOCC2)n1. The minimum absolute atomic E-state index is 0.314. The van der Waals surface area contributed by atoms with Crippen LogP contribution in [0.5, 0.6) is 0 Å². The van der Waals surface area contributed by atoms with E-state index in [0.717, 1.165) is 18.8 Å². The summed E-state index contributed by atoms with van der Waals surface area (Å²) in [6, 6.07) is 0.314. The Hall–Kier alpha value is -1.28. The molecular weight excluding hydrogens is 276 g/mol. The molecule has 2 rings (SSSR count). The molecule has 0 amide bonds. The summed E-state index contributed by atoms with van der Waals surface area (Å²) in [4.78, 5) is 15.4. The number of thioether (sulfide) groups is 1. The number of nitrogens with zero attached hydrogens (tertiary/aromatic N) is 4. The van der Waals surface area contributed by atoms with Gasteiger partial charge < -0.3 is 20.3 Å². The largest absolute Gasteiger partial charge is 0.378 e. The van der Waals surface area contributed by atoms with Crippen molar-refractivity contribution in [3.05, 3.63) is 0 Å². The fourth-order valence-corrected chi connectivity index (χ4v) is 2.54. The Morgan fingerprint density at radius 2 is 1.95 bits per heavy atom. The van der Waals surface area contributed by atoms with Crippen LogP contribution >= 0.6 is 11.8 Å². The molecule has 1 aliphatic heterocycles. The van der Waals surface area contributed by atoms with Crippen molar-refractivity contribution in [2.24, 2.45) is 0 Å². The number of hydrogen-bond donors (Lipinski definition) is 2. The van der Waals surface area contributed by atoms with E-state index in [2.05, 4.69) is 43.7 Å². The molecule has 0 aromatic carbocycles. The average Bonchev–Trinajstić information content (AvgIpc) is 2.48. The van der Waals surface area contributed by atoms with Gasteiger partial charge in [-0.2, -0.15) is 26.7 Å². The number of hydrogen-bond acceptors (Lipinski definition) is 8. The van der Waals surface area contributed by atoms with Crippen LogP contribution in [0.1, 0.15) is 6.92 Å². The van der Waals surface area contributed by atoms with Crippen LogP contribution in [-0.2, 0) is 4.74 Å². The van der Waals surface area contributed by atoms with E-state index in [1.165, 1.54) is 0 Å². The lowest BCUT2D eigenvalue weighted by Gasteiger charge is -2.27. The molecule has 0 saturated carbocycles. The molecule has 20 heavy (non-hydrogen) atoms. The standard InChI is InChI=1S/C12H22N6OS/c1-9(8-20-3)14-11-15-10(13-2)16-12(17-11)18-4-6-19-7-5-18/h9H,4-8H2,1-3H3,(H2,13,14,15,16,17). The summed E-state index contributed by atoms with van der Waals surface area (Å²) in [7, 11) is 1.81. The van der Waals surface area contributed by atoms with Gasteiger partial charge >= 0.3 is 0 Å². The first-order chi connectivity index (χ1) is 9.72. The van der Waals surface area contributed by atoms with E-state index in [9.17, 15) is 0 Å². The number of nitrogens with one attached hydrogen (secondary N) is 2. The molecule has 0 aliphatic carbocycles. The van der Waals surface area contributed by atoms with E-state index in [-0.39, 0.29) is 0 Å². The lowest BCUT2D eigenvalue weighted by molar-refractivity contribution is 0.122. The van der Waals surface area contributed by atoms with E-state index in [1.54, 1.807) is 11.8 Å². The monoisotopic (exact) mass is 298 g/mol. The molecule has 112 valence electrons. The molecule has 0 radical (unpaired) electrons. The summed E-state index contributed by atoms with van der Waals surface area (Å²) in [6.45, 7) is 5.17. The van der Waals surface area contributed by atoms with Gasteiger partial charge in [-0.15, -0.1) is 0 Å². The predicted octanol–water partition coefficient (Wildman–Crippen LogP) is 0.913. The Morgan fingerprint density at radius 1 is 1.25 bits per heavy atom. The van der Waals surface area contributed by atoms with Crippen LogP contribution in [0.2, 0.25) is 0 Å². The Labute approximate surface area is 123 Å². The molecule has 2 N–H and O–H groups in total. The summed E-state index contributed by atoms with van der Waals surface area (Å²) < 4.78 is 5.36. The van der Waals surface area contributed by atoms with Crippen molar-refractivity contribution < 1.29 is 4.74 Å². The molecule has 1 aromatic rings. The molecule has 7 nitrogen and oxygen atoms in total. The first kappa shape index (κ1) is 15.1. The van der Waals surface area contributed by atoms with E-state index < -0.39 is 0 Å². The van der Waals surface area contributed by atoms with Crippen LogP contribution in [0.3, 0.4) is 0 Å². The van der Waals surface area contributed by atoms with Crippen molar-refractivity contribution in [2.45, 2.75) is 13.0 Å². The Balaban J connectivity index is 2.14. The normalized spacial score (nSPS) is 16.9. The third-order valence-corrected chi connectivity index (χ3v) is 3.77. The minimum Gasteiger partial charge on any atom is -0.378 e. The number of anilines is 3. The highest BCUT2D eigenvalue weighted by atomic mass is 32.2. The quantitative estimate of drug-likeness (QED) is 0.803. The smallest absolute Gasteiger partial charge is 0.232 e. The van der Waals surface area contributed by atoms with Crippen molar-refractivity contribution in [3.63, 3.8) is 0 Å². The second-order valence-corrected chi connectivity index (χ2v) is 5.54. The predicted molar refractivity (Wildman–Crippen MR) is 83.9 cm³/mol. The zero-order chi connectivity index (χ0) is 14.4. The van der Waals surface area contributed by atoms with Crippen molar-refractivity contribution in [3.8, 4) is 0 Å². The number of rotatable bonds is 6. The summed E-state index contributed by atoms with van der Waals surface area (Å²) in [5, 5.41) is 6.30. The Kier molecular flexibility index (Phi) is 5.66. The molecule has 1 fully saturated rings. The van der Waals surface area contributed by atoms with Crippen LogP contribution in [0.4, 0.5) is 17.8 Å². The molecule has 1 saturated heterocycles. The first-order valence-corrected chi connectivity index (χ1v) is 8.14. The lowest BCUT2D eigenvalue weighted by Crippen LogP contribution is -2.37. The van der Waals surface area contributed by atoms with E-state index in [0.29, 0.717) is 37.1 Å². The van der Waals surface area contributed by atoms with Gasteiger partial charge in [0.15, 0.2) is 0 Å². The number of ether oxygens (including phenoxy) is 1. The maximum Gasteiger partial charge on any atom is 0.232 e. The maximum absolute atomic E-state index is 5.36. The maximum atomic E-state index is 5.36. The van der Waals surface area contributed by atoms with Crippen LogP contribution in [0.15, 0.2) is 0 Å². The third-order valence-electron chi connectivity index (χ3n) is 2.93.